The molecule has 1 atom stereocenters. The molecule has 6 nitrogen and oxygen atoms in total. The summed E-state index contributed by atoms with van der Waals surface area (Å²) in [7, 11) is 0. The van der Waals surface area contributed by atoms with Crippen LogP contribution >= 0.6 is 0 Å². The third kappa shape index (κ3) is 4.79. The molecule has 1 unspecified atom stereocenters. The number of pyridine rings is 1. The lowest BCUT2D eigenvalue weighted by atomic mass is 9.79. The Bertz CT molecular complexity index is 620. The Morgan fingerprint density at radius 3 is 2.96 bits per heavy atom. The largest absolute Gasteiger partial charge is 0.381 e. The molecular formula is C21H32N4O2. The molecule has 0 bridgehead atoms. The van der Waals surface area contributed by atoms with Gasteiger partial charge < -0.3 is 19.9 Å². The summed E-state index contributed by atoms with van der Waals surface area (Å²) in [6.07, 6.45) is 9.61. The summed E-state index contributed by atoms with van der Waals surface area (Å²) in [6, 6.07) is 3.97. The van der Waals surface area contributed by atoms with Crippen LogP contribution in [0.3, 0.4) is 0 Å². The van der Waals surface area contributed by atoms with Crippen LogP contribution in [0.15, 0.2) is 24.5 Å². The Morgan fingerprint density at radius 1 is 1.26 bits per heavy atom. The van der Waals surface area contributed by atoms with Gasteiger partial charge in [-0.25, -0.2) is 4.79 Å². The Morgan fingerprint density at radius 2 is 2.15 bits per heavy atom. The van der Waals surface area contributed by atoms with Gasteiger partial charge in [0.05, 0.1) is 0 Å². The predicted octanol–water partition coefficient (Wildman–Crippen LogP) is 2.51. The van der Waals surface area contributed by atoms with Crippen molar-refractivity contribution < 1.29 is 9.53 Å². The van der Waals surface area contributed by atoms with Gasteiger partial charge in [0.2, 0.25) is 0 Å². The summed E-state index contributed by atoms with van der Waals surface area (Å²) in [5, 5.41) is 3.06. The van der Waals surface area contributed by atoms with Crippen LogP contribution in [0.4, 0.5) is 4.79 Å². The molecule has 3 fully saturated rings. The Kier molecular flexibility index (Phi) is 5.93. The second-order valence-electron chi connectivity index (χ2n) is 8.59. The number of aromatic nitrogens is 1. The number of nitrogens with one attached hydrogen (secondary N) is 1. The van der Waals surface area contributed by atoms with E-state index in [4.69, 9.17) is 4.74 Å². The fourth-order valence-corrected chi connectivity index (χ4v) is 4.99. The maximum absolute atomic E-state index is 12.6. The lowest BCUT2D eigenvalue weighted by molar-refractivity contribution is 0.0320. The van der Waals surface area contributed by atoms with Crippen LogP contribution < -0.4 is 5.32 Å². The van der Waals surface area contributed by atoms with Crippen LogP contribution in [-0.4, -0.2) is 66.8 Å². The second-order valence-corrected chi connectivity index (χ2v) is 8.59. The number of likely N-dealkylation sites (tertiary alicyclic amines) is 2. The number of rotatable bonds is 4. The monoisotopic (exact) mass is 372 g/mol. The maximum atomic E-state index is 12.6. The first-order valence-corrected chi connectivity index (χ1v) is 10.4. The van der Waals surface area contributed by atoms with E-state index < -0.39 is 0 Å². The van der Waals surface area contributed by atoms with E-state index in [1.165, 1.54) is 38.8 Å². The highest BCUT2D eigenvalue weighted by Gasteiger charge is 2.43. The molecule has 1 aromatic rings. The summed E-state index contributed by atoms with van der Waals surface area (Å²) in [6.45, 7) is 7.75. The molecule has 1 N–H and O–H groups in total. The fraction of sp³-hybridized carbons (Fsp3) is 0.714. The minimum Gasteiger partial charge on any atom is -0.381 e. The van der Waals surface area contributed by atoms with Crippen LogP contribution in [0.25, 0.3) is 0 Å². The summed E-state index contributed by atoms with van der Waals surface area (Å²) < 4.78 is 5.50. The molecule has 3 aliphatic heterocycles. The van der Waals surface area contributed by atoms with Crippen LogP contribution in [0.1, 0.15) is 37.7 Å². The zero-order chi connectivity index (χ0) is 18.5. The van der Waals surface area contributed by atoms with Gasteiger partial charge >= 0.3 is 6.03 Å². The third-order valence-electron chi connectivity index (χ3n) is 6.49. The number of carbonyl (C=O) groups is 1. The van der Waals surface area contributed by atoms with Crippen molar-refractivity contribution in [1.82, 2.24) is 20.1 Å². The number of nitrogens with zero attached hydrogens (tertiary/aromatic N) is 3. The molecule has 4 rings (SSSR count). The number of urea groups is 1. The van der Waals surface area contributed by atoms with E-state index in [1.54, 1.807) is 12.4 Å². The smallest absolute Gasteiger partial charge is 0.317 e. The van der Waals surface area contributed by atoms with Crippen LogP contribution in [-0.2, 0) is 11.3 Å². The summed E-state index contributed by atoms with van der Waals surface area (Å²) in [5.41, 5.74) is 1.34. The van der Waals surface area contributed by atoms with E-state index in [0.29, 0.717) is 12.0 Å². The average molecular weight is 373 g/mol. The molecular weight excluding hydrogens is 340 g/mol. The SMILES string of the molecule is O=C(NCc1cccnc1)N1CCC2(CCCN(CC3CCOCC3)C2)C1. The predicted molar refractivity (Wildman–Crippen MR) is 104 cm³/mol. The maximum Gasteiger partial charge on any atom is 0.317 e. The molecule has 0 aliphatic carbocycles. The van der Waals surface area contributed by atoms with Crippen molar-refractivity contribution in [3.05, 3.63) is 30.1 Å². The number of carbonyl (C=O) groups excluding carboxylic acids is 1. The van der Waals surface area contributed by atoms with E-state index in [0.717, 1.165) is 50.8 Å². The molecule has 3 aliphatic rings. The minimum atomic E-state index is 0.0669. The zero-order valence-electron chi connectivity index (χ0n) is 16.2. The van der Waals surface area contributed by atoms with Crippen molar-refractivity contribution in [3.63, 3.8) is 0 Å². The first-order chi connectivity index (χ1) is 13.2. The van der Waals surface area contributed by atoms with E-state index in [2.05, 4.69) is 15.2 Å². The molecule has 1 spiro atoms. The number of amides is 2. The molecule has 2 amide bonds. The zero-order valence-corrected chi connectivity index (χ0v) is 16.2. The van der Waals surface area contributed by atoms with E-state index >= 15 is 0 Å². The van der Waals surface area contributed by atoms with Gasteiger partial charge in [-0.2, -0.15) is 0 Å². The number of hydrogen-bond donors (Lipinski definition) is 1. The Balaban J connectivity index is 1.27. The molecule has 3 saturated heterocycles. The Labute approximate surface area is 162 Å². The van der Waals surface area contributed by atoms with Crippen molar-refractivity contribution >= 4 is 6.03 Å². The third-order valence-corrected chi connectivity index (χ3v) is 6.49. The van der Waals surface area contributed by atoms with Gasteiger partial charge in [-0.3, -0.25) is 4.98 Å². The lowest BCUT2D eigenvalue weighted by Crippen LogP contribution is -2.48. The van der Waals surface area contributed by atoms with E-state index in [1.807, 2.05) is 17.0 Å². The normalized spacial score (nSPS) is 27.2. The first kappa shape index (κ1) is 18.7. The van der Waals surface area contributed by atoms with Gasteiger partial charge in [-0.15, -0.1) is 0 Å². The van der Waals surface area contributed by atoms with Crippen LogP contribution in [0.2, 0.25) is 0 Å². The summed E-state index contributed by atoms with van der Waals surface area (Å²) in [4.78, 5) is 21.4. The highest BCUT2D eigenvalue weighted by molar-refractivity contribution is 5.74. The van der Waals surface area contributed by atoms with Gasteiger partial charge in [0.25, 0.3) is 0 Å². The van der Waals surface area contributed by atoms with Crippen molar-refractivity contribution in [2.24, 2.45) is 11.3 Å². The fourth-order valence-electron chi connectivity index (χ4n) is 4.99. The van der Waals surface area contributed by atoms with Gasteiger partial charge in [-0.1, -0.05) is 6.07 Å². The molecule has 27 heavy (non-hydrogen) atoms. The average Bonchev–Trinajstić information content (AvgIpc) is 3.11. The van der Waals surface area contributed by atoms with E-state index in [-0.39, 0.29) is 6.03 Å². The molecule has 4 heterocycles. The Hall–Kier alpha value is -1.66. The molecule has 1 aromatic heterocycles. The highest BCUT2D eigenvalue weighted by atomic mass is 16.5. The van der Waals surface area contributed by atoms with Crippen molar-refractivity contribution in [1.29, 1.82) is 0 Å². The number of piperidine rings is 1. The van der Waals surface area contributed by atoms with Gasteiger partial charge in [0.1, 0.15) is 0 Å². The van der Waals surface area contributed by atoms with Gasteiger partial charge in [0.15, 0.2) is 0 Å². The molecule has 148 valence electrons. The number of ether oxygens (including phenoxy) is 1. The quantitative estimate of drug-likeness (QED) is 0.882. The topological polar surface area (TPSA) is 57.7 Å². The van der Waals surface area contributed by atoms with Crippen LogP contribution in [0, 0.1) is 11.3 Å². The second kappa shape index (κ2) is 8.57. The van der Waals surface area contributed by atoms with Crippen molar-refractivity contribution in [2.75, 3.05) is 45.9 Å². The summed E-state index contributed by atoms with van der Waals surface area (Å²) in [5.74, 6) is 0.786. The minimum absolute atomic E-state index is 0.0669. The summed E-state index contributed by atoms with van der Waals surface area (Å²) >= 11 is 0. The lowest BCUT2D eigenvalue weighted by Gasteiger charge is -2.42. The van der Waals surface area contributed by atoms with Gasteiger partial charge in [0, 0.05) is 63.7 Å². The van der Waals surface area contributed by atoms with Crippen LogP contribution in [0.5, 0.6) is 0 Å². The standard InChI is InChI=1S/C21H32N4O2/c26-20(23-14-19-3-1-8-22-13-19)25-10-7-21(17-25)6-2-9-24(16-21)15-18-4-11-27-12-5-18/h1,3,8,13,18H,2,4-7,9-12,14-17H2,(H,23,26). The molecule has 0 radical (unpaired) electrons. The number of hydrogen-bond acceptors (Lipinski definition) is 4. The van der Waals surface area contributed by atoms with Gasteiger partial charge in [-0.05, 0) is 56.2 Å². The van der Waals surface area contributed by atoms with E-state index in [9.17, 15) is 4.79 Å². The molecule has 0 saturated carbocycles. The van der Waals surface area contributed by atoms with Crippen molar-refractivity contribution in [2.45, 2.75) is 38.6 Å². The van der Waals surface area contributed by atoms with Crippen molar-refractivity contribution in [3.8, 4) is 0 Å². The molecule has 0 aromatic carbocycles. The molecule has 6 heteroatoms. The highest BCUT2D eigenvalue weighted by Crippen LogP contribution is 2.39. The first-order valence-electron chi connectivity index (χ1n) is 10.4.